The van der Waals surface area contributed by atoms with Crippen LogP contribution < -0.4 is 10.1 Å². The molecule has 0 bridgehead atoms. The van der Waals surface area contributed by atoms with Gasteiger partial charge in [0.1, 0.15) is 11.5 Å². The van der Waals surface area contributed by atoms with Crippen molar-refractivity contribution in [2.45, 2.75) is 26.7 Å². The van der Waals surface area contributed by atoms with Crippen LogP contribution >= 0.6 is 0 Å². The number of nitrogens with one attached hydrogen (secondary N) is 1. The Labute approximate surface area is 162 Å². The minimum atomic E-state index is 0.243. The standard InChI is InChI=1S/C24H27NO2/c1-3-27-23-12-10-20(11-13-23)5-4-19-6-8-21(9-7-19)14-18(2)15-24(26)22-16-25-17-22/h6-13,18,22,25H,3,14-17H2,1-2H3. The van der Waals surface area contributed by atoms with Gasteiger partial charge in [0.05, 0.1) is 6.61 Å². The first kappa shape index (κ1) is 19.2. The summed E-state index contributed by atoms with van der Waals surface area (Å²) < 4.78 is 5.44. The summed E-state index contributed by atoms with van der Waals surface area (Å²) in [6, 6.07) is 16.2. The Balaban J connectivity index is 1.53. The molecule has 2 aromatic carbocycles. The van der Waals surface area contributed by atoms with Crippen LogP contribution in [0.15, 0.2) is 48.5 Å². The predicted octanol–water partition coefficient (Wildman–Crippen LogP) is 3.84. The van der Waals surface area contributed by atoms with E-state index in [9.17, 15) is 4.79 Å². The third kappa shape index (κ3) is 5.70. The zero-order valence-electron chi connectivity index (χ0n) is 16.1. The molecule has 0 aromatic heterocycles. The summed E-state index contributed by atoms with van der Waals surface area (Å²) >= 11 is 0. The Kier molecular flexibility index (Phi) is 6.68. The van der Waals surface area contributed by atoms with Gasteiger partial charge in [-0.1, -0.05) is 30.9 Å². The number of carbonyl (C=O) groups is 1. The summed E-state index contributed by atoms with van der Waals surface area (Å²) in [6.45, 7) is 6.51. The smallest absolute Gasteiger partial charge is 0.138 e. The van der Waals surface area contributed by atoms with Crippen molar-refractivity contribution >= 4 is 5.78 Å². The summed E-state index contributed by atoms with van der Waals surface area (Å²) in [4.78, 5) is 12.1. The average Bonchev–Trinajstić information content (AvgIpc) is 2.61. The first-order valence-corrected chi connectivity index (χ1v) is 9.71. The van der Waals surface area contributed by atoms with Gasteiger partial charge in [-0.05, 0) is 61.2 Å². The van der Waals surface area contributed by atoms with Gasteiger partial charge >= 0.3 is 0 Å². The van der Waals surface area contributed by atoms with Gasteiger partial charge in [-0.3, -0.25) is 4.79 Å². The molecule has 1 fully saturated rings. The maximum atomic E-state index is 12.1. The lowest BCUT2D eigenvalue weighted by Crippen LogP contribution is -2.46. The van der Waals surface area contributed by atoms with Crippen LogP contribution in [0.1, 0.15) is 37.0 Å². The number of ketones is 1. The maximum Gasteiger partial charge on any atom is 0.138 e. The number of rotatable bonds is 7. The SMILES string of the molecule is CCOc1ccc(C#Cc2ccc(CC(C)CC(=O)C3CNC3)cc2)cc1. The number of hydrogen-bond donors (Lipinski definition) is 1. The fourth-order valence-corrected chi connectivity index (χ4v) is 3.17. The quantitative estimate of drug-likeness (QED) is 0.762. The number of Topliss-reactive ketones (excluding diaryl/α,β-unsaturated/α-hetero) is 1. The molecule has 0 aliphatic carbocycles. The molecular formula is C24H27NO2. The number of benzene rings is 2. The Morgan fingerprint density at radius 1 is 1.07 bits per heavy atom. The largest absolute Gasteiger partial charge is 0.494 e. The van der Waals surface area contributed by atoms with Crippen LogP contribution in [0.2, 0.25) is 0 Å². The van der Waals surface area contributed by atoms with Crippen LogP contribution in [0, 0.1) is 23.7 Å². The van der Waals surface area contributed by atoms with Crippen molar-refractivity contribution in [1.29, 1.82) is 0 Å². The molecule has 1 N–H and O–H groups in total. The minimum absolute atomic E-state index is 0.243. The van der Waals surface area contributed by atoms with Gasteiger partial charge in [0.15, 0.2) is 0 Å². The average molecular weight is 361 g/mol. The second-order valence-electron chi connectivity index (χ2n) is 7.24. The molecule has 0 spiro atoms. The summed E-state index contributed by atoms with van der Waals surface area (Å²) in [5.41, 5.74) is 3.23. The van der Waals surface area contributed by atoms with Crippen molar-refractivity contribution in [2.75, 3.05) is 19.7 Å². The van der Waals surface area contributed by atoms with E-state index in [1.165, 1.54) is 5.56 Å². The van der Waals surface area contributed by atoms with Crippen LogP contribution in [-0.4, -0.2) is 25.5 Å². The van der Waals surface area contributed by atoms with E-state index in [0.717, 1.165) is 36.4 Å². The molecule has 1 aliphatic heterocycles. The van der Waals surface area contributed by atoms with E-state index in [2.05, 4.69) is 48.3 Å². The van der Waals surface area contributed by atoms with Crippen molar-refractivity contribution in [3.05, 3.63) is 65.2 Å². The molecule has 1 saturated heterocycles. The van der Waals surface area contributed by atoms with Crippen LogP contribution in [0.4, 0.5) is 0 Å². The maximum absolute atomic E-state index is 12.1. The zero-order valence-corrected chi connectivity index (χ0v) is 16.1. The van der Waals surface area contributed by atoms with Crippen molar-refractivity contribution in [3.8, 4) is 17.6 Å². The zero-order chi connectivity index (χ0) is 19.1. The Bertz CT molecular complexity index is 808. The van der Waals surface area contributed by atoms with E-state index < -0.39 is 0 Å². The van der Waals surface area contributed by atoms with Gasteiger partial charge in [-0.25, -0.2) is 0 Å². The van der Waals surface area contributed by atoms with Crippen LogP contribution in [0.5, 0.6) is 5.75 Å². The fourth-order valence-electron chi connectivity index (χ4n) is 3.17. The first-order valence-electron chi connectivity index (χ1n) is 9.71. The third-order valence-electron chi connectivity index (χ3n) is 4.84. The normalized spacial score (nSPS) is 14.6. The van der Waals surface area contributed by atoms with Gasteiger partial charge in [0, 0.05) is 36.6 Å². The fraction of sp³-hybridized carbons (Fsp3) is 0.375. The highest BCUT2D eigenvalue weighted by Crippen LogP contribution is 2.17. The van der Waals surface area contributed by atoms with E-state index in [4.69, 9.17) is 4.74 Å². The lowest BCUT2D eigenvalue weighted by atomic mass is 9.88. The molecule has 1 heterocycles. The number of ether oxygens (including phenoxy) is 1. The van der Waals surface area contributed by atoms with Gasteiger partial charge < -0.3 is 10.1 Å². The number of carbonyl (C=O) groups excluding carboxylic acids is 1. The van der Waals surface area contributed by atoms with Crippen LogP contribution in [-0.2, 0) is 11.2 Å². The Morgan fingerprint density at radius 2 is 1.67 bits per heavy atom. The minimum Gasteiger partial charge on any atom is -0.494 e. The van der Waals surface area contributed by atoms with Gasteiger partial charge in [0.2, 0.25) is 0 Å². The van der Waals surface area contributed by atoms with Crippen molar-refractivity contribution < 1.29 is 9.53 Å². The van der Waals surface area contributed by atoms with Gasteiger partial charge in [-0.2, -0.15) is 0 Å². The Hall–Kier alpha value is -2.57. The van der Waals surface area contributed by atoms with Crippen molar-refractivity contribution in [3.63, 3.8) is 0 Å². The molecule has 27 heavy (non-hydrogen) atoms. The Morgan fingerprint density at radius 3 is 2.19 bits per heavy atom. The lowest BCUT2D eigenvalue weighted by molar-refractivity contribution is -0.125. The molecule has 3 nitrogen and oxygen atoms in total. The second-order valence-corrected chi connectivity index (χ2v) is 7.24. The summed E-state index contributed by atoms with van der Waals surface area (Å²) in [5, 5.41) is 3.16. The van der Waals surface area contributed by atoms with Crippen LogP contribution in [0.3, 0.4) is 0 Å². The van der Waals surface area contributed by atoms with Crippen molar-refractivity contribution in [2.24, 2.45) is 11.8 Å². The first-order chi connectivity index (χ1) is 13.1. The van der Waals surface area contributed by atoms with E-state index in [-0.39, 0.29) is 5.92 Å². The van der Waals surface area contributed by atoms with E-state index in [1.807, 2.05) is 31.2 Å². The van der Waals surface area contributed by atoms with E-state index >= 15 is 0 Å². The monoisotopic (exact) mass is 361 g/mol. The predicted molar refractivity (Wildman–Crippen MR) is 109 cm³/mol. The highest BCUT2D eigenvalue weighted by atomic mass is 16.5. The van der Waals surface area contributed by atoms with E-state index in [1.54, 1.807) is 0 Å². The summed E-state index contributed by atoms with van der Waals surface area (Å²) in [5.74, 6) is 8.28. The van der Waals surface area contributed by atoms with Gasteiger partial charge in [-0.15, -0.1) is 0 Å². The molecular weight excluding hydrogens is 334 g/mol. The van der Waals surface area contributed by atoms with Crippen molar-refractivity contribution in [1.82, 2.24) is 5.32 Å². The second kappa shape index (κ2) is 9.39. The number of hydrogen-bond acceptors (Lipinski definition) is 3. The summed E-state index contributed by atoms with van der Waals surface area (Å²) in [7, 11) is 0. The summed E-state index contributed by atoms with van der Waals surface area (Å²) in [6.07, 6.45) is 1.60. The molecule has 3 heteroatoms. The molecule has 0 saturated carbocycles. The molecule has 140 valence electrons. The molecule has 1 atom stereocenters. The molecule has 0 amide bonds. The molecule has 1 unspecified atom stereocenters. The van der Waals surface area contributed by atoms with Gasteiger partial charge in [0.25, 0.3) is 0 Å². The highest BCUT2D eigenvalue weighted by Gasteiger charge is 2.25. The lowest BCUT2D eigenvalue weighted by Gasteiger charge is -2.26. The highest BCUT2D eigenvalue weighted by molar-refractivity contribution is 5.82. The topological polar surface area (TPSA) is 38.3 Å². The van der Waals surface area contributed by atoms with E-state index in [0.29, 0.717) is 24.7 Å². The third-order valence-corrected chi connectivity index (χ3v) is 4.84. The molecule has 0 radical (unpaired) electrons. The van der Waals surface area contributed by atoms with Crippen LogP contribution in [0.25, 0.3) is 0 Å². The molecule has 1 aliphatic rings. The molecule has 3 rings (SSSR count). The molecule has 2 aromatic rings.